The predicted molar refractivity (Wildman–Crippen MR) is 99.9 cm³/mol. The van der Waals surface area contributed by atoms with Gasteiger partial charge in [0.05, 0.1) is 17.1 Å². The molecule has 0 bridgehead atoms. The molecule has 0 fully saturated rings. The highest BCUT2D eigenvalue weighted by Gasteiger charge is 2.31. The van der Waals surface area contributed by atoms with Crippen LogP contribution in [0.3, 0.4) is 0 Å². The number of aliphatic imine (C=N–C) groups is 1. The van der Waals surface area contributed by atoms with E-state index in [1.165, 1.54) is 10.5 Å². The first-order valence-corrected chi connectivity index (χ1v) is 9.03. The number of rotatable bonds is 3. The highest BCUT2D eigenvalue weighted by Crippen LogP contribution is 2.38. The Bertz CT molecular complexity index is 796. The molecule has 2 aromatic rings. The third kappa shape index (κ3) is 3.15. The van der Waals surface area contributed by atoms with E-state index < -0.39 is 0 Å². The van der Waals surface area contributed by atoms with E-state index in [0.29, 0.717) is 5.37 Å². The van der Waals surface area contributed by atoms with Crippen molar-refractivity contribution in [1.29, 1.82) is 0 Å². The molecule has 0 amide bonds. The summed E-state index contributed by atoms with van der Waals surface area (Å²) in [4.78, 5) is 13.0. The van der Waals surface area contributed by atoms with Gasteiger partial charge in [-0.05, 0) is 42.8 Å². The van der Waals surface area contributed by atoms with Crippen molar-refractivity contribution in [3.8, 4) is 0 Å². The minimum atomic E-state index is 0.107. The number of pyridine rings is 1. The summed E-state index contributed by atoms with van der Waals surface area (Å²) < 4.78 is 0. The Hall–Kier alpha value is -2.33. The maximum Gasteiger partial charge on any atom is 0.129 e. The molecule has 0 spiro atoms. The van der Waals surface area contributed by atoms with Gasteiger partial charge in [0.1, 0.15) is 5.84 Å². The Morgan fingerprint density at radius 2 is 1.88 bits per heavy atom. The molecular formula is C20H19N3S. The third-order valence-corrected chi connectivity index (χ3v) is 5.41. The van der Waals surface area contributed by atoms with Crippen LogP contribution in [0.15, 0.2) is 88.5 Å². The molecule has 24 heavy (non-hydrogen) atoms. The molecular weight excluding hydrogens is 314 g/mol. The first-order chi connectivity index (χ1) is 11.8. The Morgan fingerprint density at radius 3 is 2.67 bits per heavy atom. The van der Waals surface area contributed by atoms with Crippen molar-refractivity contribution in [2.45, 2.75) is 29.7 Å². The minimum Gasteiger partial charge on any atom is -0.320 e. The number of aromatic nitrogens is 1. The molecule has 0 aliphatic carbocycles. The van der Waals surface area contributed by atoms with Gasteiger partial charge in [-0.25, -0.2) is 0 Å². The maximum atomic E-state index is 4.94. The van der Waals surface area contributed by atoms with E-state index in [9.17, 15) is 0 Å². The van der Waals surface area contributed by atoms with E-state index in [4.69, 9.17) is 4.99 Å². The third-order valence-electron chi connectivity index (χ3n) is 4.17. The monoisotopic (exact) mass is 333 g/mol. The van der Waals surface area contributed by atoms with Crippen LogP contribution in [0, 0.1) is 0 Å². The van der Waals surface area contributed by atoms with Gasteiger partial charge >= 0.3 is 0 Å². The van der Waals surface area contributed by atoms with Crippen LogP contribution in [0.4, 0.5) is 0 Å². The Labute approximate surface area is 146 Å². The second-order valence-corrected chi connectivity index (χ2v) is 7.24. The average molecular weight is 333 g/mol. The van der Waals surface area contributed by atoms with E-state index in [1.807, 2.05) is 30.1 Å². The van der Waals surface area contributed by atoms with Crippen molar-refractivity contribution in [3.05, 3.63) is 84.3 Å². The van der Waals surface area contributed by atoms with Gasteiger partial charge in [-0.1, -0.05) is 30.3 Å². The summed E-state index contributed by atoms with van der Waals surface area (Å²) >= 11 is 1.89. The van der Waals surface area contributed by atoms with Crippen LogP contribution in [-0.4, -0.2) is 21.1 Å². The summed E-state index contributed by atoms with van der Waals surface area (Å²) in [7, 11) is 0. The van der Waals surface area contributed by atoms with Gasteiger partial charge in [0.25, 0.3) is 0 Å². The zero-order valence-corrected chi connectivity index (χ0v) is 14.4. The molecule has 3 heterocycles. The van der Waals surface area contributed by atoms with Crippen molar-refractivity contribution < 1.29 is 0 Å². The largest absolute Gasteiger partial charge is 0.320 e. The number of thioether (sulfide) groups is 1. The molecule has 1 aromatic heterocycles. The maximum absolute atomic E-state index is 4.94. The first-order valence-electron chi connectivity index (χ1n) is 8.15. The summed E-state index contributed by atoms with van der Waals surface area (Å²) in [6, 6.07) is 16.7. The Kier molecular flexibility index (Phi) is 4.22. The first kappa shape index (κ1) is 15.2. The van der Waals surface area contributed by atoms with Gasteiger partial charge in [0.15, 0.2) is 0 Å². The molecule has 0 saturated carbocycles. The smallest absolute Gasteiger partial charge is 0.129 e. The highest BCUT2D eigenvalue weighted by molar-refractivity contribution is 7.99. The van der Waals surface area contributed by atoms with Crippen molar-refractivity contribution in [3.63, 3.8) is 0 Å². The molecule has 4 rings (SSSR count). The topological polar surface area (TPSA) is 28.5 Å². The summed E-state index contributed by atoms with van der Waals surface area (Å²) in [5, 5.41) is 0.312. The summed E-state index contributed by atoms with van der Waals surface area (Å²) in [6.45, 7) is 2.13. The fourth-order valence-electron chi connectivity index (χ4n) is 3.00. The van der Waals surface area contributed by atoms with Crippen LogP contribution >= 0.6 is 11.8 Å². The second kappa shape index (κ2) is 6.65. The quantitative estimate of drug-likeness (QED) is 0.806. The van der Waals surface area contributed by atoms with Crippen molar-refractivity contribution in [2.24, 2.45) is 4.99 Å². The number of hydrogen-bond acceptors (Lipinski definition) is 4. The number of fused-ring (bicyclic) bond motifs is 1. The summed E-state index contributed by atoms with van der Waals surface area (Å²) in [6.07, 6.45) is 9.23. The van der Waals surface area contributed by atoms with E-state index in [2.05, 4.69) is 71.6 Å². The zero-order valence-electron chi connectivity index (χ0n) is 13.5. The fraction of sp³-hybridized carbons (Fsp3) is 0.200. The molecule has 2 aliphatic rings. The summed E-state index contributed by atoms with van der Waals surface area (Å²) in [5.74, 6) is 1.02. The number of nitrogens with zero attached hydrogens (tertiary/aromatic N) is 3. The Balaban J connectivity index is 1.67. The molecule has 0 N–H and O–H groups in total. The number of benzene rings is 1. The molecule has 2 aliphatic heterocycles. The summed E-state index contributed by atoms with van der Waals surface area (Å²) in [5.41, 5.74) is 2.30. The molecule has 120 valence electrons. The van der Waals surface area contributed by atoms with Gasteiger partial charge in [-0.15, -0.1) is 11.8 Å². The van der Waals surface area contributed by atoms with E-state index in [-0.39, 0.29) is 6.04 Å². The van der Waals surface area contributed by atoms with E-state index >= 15 is 0 Å². The van der Waals surface area contributed by atoms with Crippen LogP contribution in [-0.2, 0) is 0 Å². The molecule has 2 unspecified atom stereocenters. The van der Waals surface area contributed by atoms with Crippen LogP contribution in [0.5, 0.6) is 0 Å². The van der Waals surface area contributed by atoms with E-state index in [0.717, 1.165) is 18.0 Å². The highest BCUT2D eigenvalue weighted by atomic mass is 32.2. The standard InChI is InChI=1S/C20H19N3S/c1-15-10-11-19-22-18(17-9-5-6-12-21-17)13-20(23(19)14-15)24-16-7-3-2-4-8-16/h2-12,14,18,20H,13H2,1H3. The number of amidine groups is 1. The van der Waals surface area contributed by atoms with Crippen LogP contribution in [0.25, 0.3) is 0 Å². The van der Waals surface area contributed by atoms with Crippen LogP contribution in [0.1, 0.15) is 25.1 Å². The normalized spacial score (nSPS) is 22.6. The minimum absolute atomic E-state index is 0.107. The van der Waals surface area contributed by atoms with Gasteiger partial charge < -0.3 is 4.90 Å². The van der Waals surface area contributed by atoms with E-state index in [1.54, 1.807) is 0 Å². The average Bonchev–Trinajstić information content (AvgIpc) is 2.63. The number of hydrogen-bond donors (Lipinski definition) is 0. The molecule has 0 saturated heterocycles. The molecule has 4 heteroatoms. The second-order valence-electron chi connectivity index (χ2n) is 5.99. The molecule has 0 radical (unpaired) electrons. The fourth-order valence-corrected chi connectivity index (χ4v) is 4.19. The van der Waals surface area contributed by atoms with Gasteiger partial charge in [0.2, 0.25) is 0 Å². The molecule has 1 aromatic carbocycles. The lowest BCUT2D eigenvalue weighted by molar-refractivity contribution is 0.417. The lowest BCUT2D eigenvalue weighted by Gasteiger charge is -2.38. The molecule has 3 nitrogen and oxygen atoms in total. The Morgan fingerprint density at radius 1 is 1.04 bits per heavy atom. The predicted octanol–water partition coefficient (Wildman–Crippen LogP) is 4.82. The lowest BCUT2D eigenvalue weighted by Crippen LogP contribution is -2.39. The van der Waals surface area contributed by atoms with Crippen molar-refractivity contribution >= 4 is 17.6 Å². The van der Waals surface area contributed by atoms with Crippen LogP contribution in [0.2, 0.25) is 0 Å². The number of allylic oxidation sites excluding steroid dienone is 2. The zero-order chi connectivity index (χ0) is 16.4. The van der Waals surface area contributed by atoms with Crippen molar-refractivity contribution in [1.82, 2.24) is 9.88 Å². The lowest BCUT2D eigenvalue weighted by atomic mass is 10.1. The van der Waals surface area contributed by atoms with Crippen molar-refractivity contribution in [2.75, 3.05) is 0 Å². The van der Waals surface area contributed by atoms with Crippen LogP contribution < -0.4 is 0 Å². The molecule has 2 atom stereocenters. The SMILES string of the molecule is CC1=CN2C(=NC(c3ccccn3)CC2Sc2ccccc2)C=C1. The van der Waals surface area contributed by atoms with Gasteiger partial charge in [0, 0.05) is 23.7 Å². The van der Waals surface area contributed by atoms with Gasteiger partial charge in [-0.3, -0.25) is 9.98 Å². The van der Waals surface area contributed by atoms with Gasteiger partial charge in [-0.2, -0.15) is 0 Å².